The molecule has 0 bridgehead atoms. The molecule has 13 nitrogen and oxygen atoms in total. The first kappa shape index (κ1) is 31.4. The first-order valence-corrected chi connectivity index (χ1v) is 14.5. The molecule has 0 spiro atoms. The van der Waals surface area contributed by atoms with Crippen molar-refractivity contribution in [3.8, 4) is 11.4 Å². The zero-order valence-electron chi connectivity index (χ0n) is 25.1. The first-order chi connectivity index (χ1) is 20.5. The molecule has 3 amide bonds. The number of anilines is 1. The van der Waals surface area contributed by atoms with Gasteiger partial charge in [0.25, 0.3) is 5.91 Å². The molecule has 2 aromatic rings. The highest BCUT2D eigenvalue weighted by Crippen LogP contribution is 2.22. The number of nitrogens with zero attached hydrogens (tertiary/aromatic N) is 6. The predicted molar refractivity (Wildman–Crippen MR) is 159 cm³/mol. The van der Waals surface area contributed by atoms with Crippen molar-refractivity contribution >= 4 is 35.9 Å². The largest absolute Gasteiger partial charge is 0.460 e. The maximum Gasteiger partial charge on any atom is 0.409 e. The lowest BCUT2D eigenvalue weighted by Crippen LogP contribution is -2.56. The summed E-state index contributed by atoms with van der Waals surface area (Å²) < 4.78 is 10.5. The summed E-state index contributed by atoms with van der Waals surface area (Å²) in [6, 6.07) is 9.78. The van der Waals surface area contributed by atoms with Gasteiger partial charge in [0.05, 0.1) is 6.61 Å². The quantitative estimate of drug-likeness (QED) is 0.434. The molecule has 3 heterocycles. The van der Waals surface area contributed by atoms with Crippen molar-refractivity contribution < 1.29 is 28.7 Å². The number of aromatic nitrogens is 2. The molecule has 1 atom stereocenters. The van der Waals surface area contributed by atoms with Crippen LogP contribution in [0, 0.1) is 0 Å². The molecule has 230 valence electrons. The fraction of sp³-hybridized carbons (Fsp3) is 0.500. The van der Waals surface area contributed by atoms with Gasteiger partial charge in [0, 0.05) is 63.4 Å². The number of benzene rings is 1. The molecule has 0 unspecified atom stereocenters. The van der Waals surface area contributed by atoms with Gasteiger partial charge in [0.1, 0.15) is 17.3 Å². The smallest absolute Gasteiger partial charge is 0.409 e. The minimum absolute atomic E-state index is 0.0253. The summed E-state index contributed by atoms with van der Waals surface area (Å²) in [5.74, 6) is -0.621. The Morgan fingerprint density at radius 2 is 1.67 bits per heavy atom. The zero-order valence-corrected chi connectivity index (χ0v) is 25.1. The Morgan fingerprint density at radius 3 is 2.30 bits per heavy atom. The van der Waals surface area contributed by atoms with Crippen LogP contribution in [0.4, 0.5) is 10.6 Å². The van der Waals surface area contributed by atoms with Crippen molar-refractivity contribution in [2.75, 3.05) is 44.3 Å². The third-order valence-corrected chi connectivity index (χ3v) is 6.71. The number of hydrogen-bond donors (Lipinski definition) is 1. The zero-order chi connectivity index (χ0) is 31.0. The van der Waals surface area contributed by atoms with E-state index in [1.807, 2.05) is 30.3 Å². The van der Waals surface area contributed by atoms with Gasteiger partial charge < -0.3 is 24.6 Å². The predicted octanol–water partition coefficient (Wildman–Crippen LogP) is 2.86. The van der Waals surface area contributed by atoms with E-state index in [1.54, 1.807) is 43.8 Å². The van der Waals surface area contributed by atoms with Crippen LogP contribution in [0.5, 0.6) is 0 Å². The van der Waals surface area contributed by atoms with Crippen LogP contribution in [0.15, 0.2) is 41.5 Å². The summed E-state index contributed by atoms with van der Waals surface area (Å²) in [6.07, 6.45) is 2.04. The highest BCUT2D eigenvalue weighted by molar-refractivity contribution is 5.97. The second-order valence-electron chi connectivity index (χ2n) is 11.2. The van der Waals surface area contributed by atoms with Gasteiger partial charge in [0.15, 0.2) is 11.6 Å². The highest BCUT2D eigenvalue weighted by Gasteiger charge is 2.32. The van der Waals surface area contributed by atoms with Crippen LogP contribution in [-0.2, 0) is 19.1 Å². The molecule has 43 heavy (non-hydrogen) atoms. The van der Waals surface area contributed by atoms with Gasteiger partial charge in [-0.25, -0.2) is 19.8 Å². The Kier molecular flexibility index (Phi) is 10.3. The SMILES string of the molecule is CCOC(=O)N1CCN(C(=O)[C@H](CCC(=O)OC(C)(C)C)NC(=O)c2cc(N3CCC=N3)nc(-c3ccccc3)n2)CC1. The minimum atomic E-state index is -1.03. The summed E-state index contributed by atoms with van der Waals surface area (Å²) in [5, 5.41) is 8.84. The second-order valence-corrected chi connectivity index (χ2v) is 11.2. The lowest BCUT2D eigenvalue weighted by molar-refractivity contribution is -0.155. The van der Waals surface area contributed by atoms with Crippen molar-refractivity contribution in [2.45, 2.75) is 58.6 Å². The van der Waals surface area contributed by atoms with Crippen molar-refractivity contribution in [3.05, 3.63) is 42.1 Å². The Labute approximate surface area is 251 Å². The molecule has 0 saturated carbocycles. The number of amides is 3. The molecule has 1 aromatic heterocycles. The number of nitrogens with one attached hydrogen (secondary N) is 1. The Morgan fingerprint density at radius 1 is 0.977 bits per heavy atom. The lowest BCUT2D eigenvalue weighted by Gasteiger charge is -2.36. The van der Waals surface area contributed by atoms with E-state index >= 15 is 0 Å². The van der Waals surface area contributed by atoms with Gasteiger partial charge in [0.2, 0.25) is 5.91 Å². The number of carbonyl (C=O) groups excluding carboxylic acids is 4. The molecule has 0 aliphatic carbocycles. The average molecular weight is 594 g/mol. The van der Waals surface area contributed by atoms with Crippen LogP contribution in [0.2, 0.25) is 0 Å². The highest BCUT2D eigenvalue weighted by atomic mass is 16.6. The molecule has 4 rings (SSSR count). The Bertz CT molecular complexity index is 1340. The van der Waals surface area contributed by atoms with Gasteiger partial charge in [-0.15, -0.1) is 0 Å². The van der Waals surface area contributed by atoms with E-state index in [4.69, 9.17) is 9.47 Å². The van der Waals surface area contributed by atoms with E-state index < -0.39 is 29.6 Å². The summed E-state index contributed by atoms with van der Waals surface area (Å²) in [4.78, 5) is 64.3. The van der Waals surface area contributed by atoms with E-state index in [0.29, 0.717) is 31.3 Å². The maximum absolute atomic E-state index is 13.7. The van der Waals surface area contributed by atoms with E-state index in [-0.39, 0.29) is 44.1 Å². The van der Waals surface area contributed by atoms with Crippen LogP contribution < -0.4 is 10.3 Å². The van der Waals surface area contributed by atoms with Crippen LogP contribution in [0.1, 0.15) is 57.4 Å². The van der Waals surface area contributed by atoms with Gasteiger partial charge in [-0.2, -0.15) is 5.10 Å². The molecule has 1 aromatic carbocycles. The number of rotatable bonds is 9. The van der Waals surface area contributed by atoms with Crippen molar-refractivity contribution in [1.29, 1.82) is 0 Å². The Hall–Kier alpha value is -4.55. The molecule has 2 aliphatic heterocycles. The van der Waals surface area contributed by atoms with E-state index in [2.05, 4.69) is 20.4 Å². The van der Waals surface area contributed by atoms with E-state index in [0.717, 1.165) is 12.0 Å². The van der Waals surface area contributed by atoms with Crippen molar-refractivity contribution in [2.24, 2.45) is 5.10 Å². The van der Waals surface area contributed by atoms with E-state index in [9.17, 15) is 19.2 Å². The number of hydrazone groups is 1. The van der Waals surface area contributed by atoms with E-state index in [1.165, 1.54) is 11.0 Å². The lowest BCUT2D eigenvalue weighted by atomic mass is 10.1. The van der Waals surface area contributed by atoms with Gasteiger partial charge in [-0.3, -0.25) is 14.4 Å². The van der Waals surface area contributed by atoms with Crippen LogP contribution in [-0.4, -0.2) is 101 Å². The molecule has 1 fully saturated rings. The average Bonchev–Trinajstić information content (AvgIpc) is 3.54. The van der Waals surface area contributed by atoms with Crippen LogP contribution in [0.3, 0.4) is 0 Å². The summed E-state index contributed by atoms with van der Waals surface area (Å²) in [5.41, 5.74) is 0.0960. The number of ether oxygens (including phenoxy) is 2. The second kappa shape index (κ2) is 14.1. The third-order valence-electron chi connectivity index (χ3n) is 6.71. The van der Waals surface area contributed by atoms with Crippen LogP contribution >= 0.6 is 0 Å². The minimum Gasteiger partial charge on any atom is -0.460 e. The Balaban J connectivity index is 1.55. The molecule has 13 heteroatoms. The molecular formula is C30H39N7O6. The standard InChI is InChI=1S/C30H39N7O6/c1-5-42-29(41)36-18-16-35(17-19-36)28(40)22(12-13-25(38)43-30(2,3)4)33-27(39)23-20-24(37-15-9-14-31-37)34-26(32-23)21-10-7-6-8-11-21/h6-8,10-11,14,20,22H,5,9,12-13,15-19H2,1-4H3,(H,33,39)/t22-/m0/s1. The van der Waals surface area contributed by atoms with Crippen LogP contribution in [0.25, 0.3) is 11.4 Å². The summed E-state index contributed by atoms with van der Waals surface area (Å²) in [6.45, 7) is 9.01. The molecular weight excluding hydrogens is 554 g/mol. The van der Waals surface area contributed by atoms with Crippen molar-refractivity contribution in [3.63, 3.8) is 0 Å². The molecule has 1 N–H and O–H groups in total. The normalized spacial score (nSPS) is 15.7. The number of esters is 1. The summed E-state index contributed by atoms with van der Waals surface area (Å²) in [7, 11) is 0. The topological polar surface area (TPSA) is 147 Å². The fourth-order valence-corrected chi connectivity index (χ4v) is 4.66. The summed E-state index contributed by atoms with van der Waals surface area (Å²) >= 11 is 0. The maximum atomic E-state index is 13.7. The fourth-order valence-electron chi connectivity index (χ4n) is 4.66. The van der Waals surface area contributed by atoms with Crippen molar-refractivity contribution in [1.82, 2.24) is 25.1 Å². The molecule has 2 aliphatic rings. The number of piperazine rings is 1. The molecule has 1 saturated heterocycles. The number of carbonyl (C=O) groups is 4. The van der Waals surface area contributed by atoms with Gasteiger partial charge in [-0.05, 0) is 34.1 Å². The number of hydrogen-bond acceptors (Lipinski definition) is 10. The first-order valence-electron chi connectivity index (χ1n) is 14.5. The van der Waals surface area contributed by atoms with Gasteiger partial charge in [-0.1, -0.05) is 30.3 Å². The molecule has 0 radical (unpaired) electrons. The third kappa shape index (κ3) is 8.72. The monoisotopic (exact) mass is 593 g/mol. The van der Waals surface area contributed by atoms with Gasteiger partial charge >= 0.3 is 12.1 Å².